The van der Waals surface area contributed by atoms with Gasteiger partial charge in [-0.05, 0) is 43.5 Å². The third-order valence-electron chi connectivity index (χ3n) is 4.95. The predicted molar refractivity (Wildman–Crippen MR) is 119 cm³/mol. The number of alkyl halides is 3. The van der Waals surface area contributed by atoms with Crippen molar-refractivity contribution in [2.24, 2.45) is 0 Å². The summed E-state index contributed by atoms with van der Waals surface area (Å²) in [6.45, 7) is 3.86. The average molecular weight is 465 g/mol. The number of halogens is 3. The summed E-state index contributed by atoms with van der Waals surface area (Å²) >= 11 is 0. The summed E-state index contributed by atoms with van der Waals surface area (Å²) in [5.41, 5.74) is -3.25. The van der Waals surface area contributed by atoms with Gasteiger partial charge in [-0.25, -0.2) is 0 Å². The molecule has 0 aliphatic carbocycles. The Bertz CT molecular complexity index is 1280. The maximum Gasteiger partial charge on any atom is 0.516 e. The van der Waals surface area contributed by atoms with Gasteiger partial charge in [-0.2, -0.15) is 21.6 Å². The van der Waals surface area contributed by atoms with Crippen LogP contribution in [0.5, 0.6) is 0 Å². The van der Waals surface area contributed by atoms with E-state index in [9.17, 15) is 26.4 Å². The number of unbranched alkanes of at least 4 members (excludes halogenated alkanes) is 1. The molecule has 0 amide bonds. The highest BCUT2D eigenvalue weighted by Crippen LogP contribution is 2.35. The highest BCUT2D eigenvalue weighted by atomic mass is 32.2. The fourth-order valence-electron chi connectivity index (χ4n) is 3.49. The van der Waals surface area contributed by atoms with Crippen LogP contribution in [0.4, 0.5) is 18.9 Å². The molecule has 32 heavy (non-hydrogen) atoms. The highest BCUT2D eigenvalue weighted by Gasteiger charge is 2.46. The van der Waals surface area contributed by atoms with Crippen molar-refractivity contribution in [3.63, 3.8) is 0 Å². The minimum atomic E-state index is -5.61. The number of aryl methyl sites for hydroxylation is 2. The van der Waals surface area contributed by atoms with Crippen LogP contribution in [0.1, 0.15) is 31.0 Å². The number of nitrogens with zero attached hydrogens (tertiary/aromatic N) is 1. The third-order valence-corrected chi connectivity index (χ3v) is 6.05. The minimum absolute atomic E-state index is 0.227. The Hall–Kier alpha value is -3.07. The van der Waals surface area contributed by atoms with Crippen LogP contribution in [0.25, 0.3) is 16.8 Å². The summed E-state index contributed by atoms with van der Waals surface area (Å²) in [4.78, 5) is 13.0. The first-order valence-corrected chi connectivity index (χ1v) is 11.5. The quantitative estimate of drug-likeness (QED) is 0.508. The number of aromatic nitrogens is 1. The summed E-state index contributed by atoms with van der Waals surface area (Å²) in [6, 6.07) is 15.9. The molecule has 3 aromatic rings. The minimum Gasteiger partial charge on any atom is -0.281 e. The Labute approximate surface area is 184 Å². The number of para-hydroxylation sites is 2. The predicted octanol–water partition coefficient (Wildman–Crippen LogP) is 5.42. The first-order valence-electron chi connectivity index (χ1n) is 10.1. The number of pyridine rings is 1. The molecule has 0 unspecified atom stereocenters. The van der Waals surface area contributed by atoms with Gasteiger partial charge in [0.05, 0.1) is 11.4 Å². The van der Waals surface area contributed by atoms with Crippen molar-refractivity contribution in [3.8, 4) is 16.8 Å². The number of anilines is 1. The second-order valence-corrected chi connectivity index (χ2v) is 9.09. The Morgan fingerprint density at radius 2 is 1.59 bits per heavy atom. The molecule has 3 rings (SSSR count). The zero-order valence-corrected chi connectivity index (χ0v) is 18.4. The van der Waals surface area contributed by atoms with E-state index in [-0.39, 0.29) is 16.8 Å². The van der Waals surface area contributed by atoms with Gasteiger partial charge in [-0.1, -0.05) is 49.7 Å². The zero-order chi connectivity index (χ0) is 23.5. The molecule has 1 aromatic heterocycles. The van der Waals surface area contributed by atoms with Gasteiger partial charge in [0, 0.05) is 22.9 Å². The van der Waals surface area contributed by atoms with Gasteiger partial charge in [0.2, 0.25) is 0 Å². The third kappa shape index (κ3) is 4.88. The van der Waals surface area contributed by atoms with E-state index < -0.39 is 15.5 Å². The van der Waals surface area contributed by atoms with Gasteiger partial charge in [0.25, 0.3) is 5.56 Å². The van der Waals surface area contributed by atoms with E-state index in [0.717, 1.165) is 24.1 Å². The van der Waals surface area contributed by atoms with Crippen molar-refractivity contribution in [2.45, 2.75) is 38.6 Å². The largest absolute Gasteiger partial charge is 0.516 e. The first kappa shape index (κ1) is 23.6. The lowest BCUT2D eigenvalue weighted by Crippen LogP contribution is -2.30. The maximum atomic E-state index is 13.0. The molecule has 0 spiro atoms. The molecule has 1 heterocycles. The number of rotatable bonds is 7. The molecule has 0 bridgehead atoms. The van der Waals surface area contributed by atoms with Crippen LogP contribution >= 0.6 is 0 Å². The Morgan fingerprint density at radius 1 is 0.969 bits per heavy atom. The summed E-state index contributed by atoms with van der Waals surface area (Å²) < 4.78 is 65.5. The lowest BCUT2D eigenvalue weighted by atomic mass is 10.0. The molecule has 0 saturated heterocycles. The maximum absolute atomic E-state index is 13.0. The standard InChI is InChI=1S/C23H23F3N2O3S/c1-3-4-9-17-14-16(2)15-22(29)28(17)21-13-8-6-11-19(21)18-10-5-7-12-20(18)27-32(30,31)23(24,25)26/h5-8,10-15,27H,3-4,9H2,1-2H3. The van der Waals surface area contributed by atoms with E-state index in [2.05, 4.69) is 0 Å². The second-order valence-electron chi connectivity index (χ2n) is 7.42. The SMILES string of the molecule is CCCCc1cc(C)cc(=O)n1-c1ccccc1-c1ccccc1NS(=O)(=O)C(F)(F)F. The summed E-state index contributed by atoms with van der Waals surface area (Å²) in [5, 5.41) is 0. The Balaban J connectivity index is 2.22. The molecule has 5 nitrogen and oxygen atoms in total. The molecular formula is C23H23F3N2O3S. The number of benzene rings is 2. The van der Waals surface area contributed by atoms with Gasteiger partial charge < -0.3 is 0 Å². The topological polar surface area (TPSA) is 68.2 Å². The van der Waals surface area contributed by atoms with Crippen LogP contribution in [-0.2, 0) is 16.4 Å². The van der Waals surface area contributed by atoms with Crippen LogP contribution in [0.15, 0.2) is 65.5 Å². The molecule has 0 fully saturated rings. The van der Waals surface area contributed by atoms with Crippen molar-refractivity contribution in [1.82, 2.24) is 4.57 Å². The van der Waals surface area contributed by atoms with Crippen LogP contribution in [0.2, 0.25) is 0 Å². The summed E-state index contributed by atoms with van der Waals surface area (Å²) in [7, 11) is -5.61. The van der Waals surface area contributed by atoms with Crippen molar-refractivity contribution < 1.29 is 21.6 Å². The van der Waals surface area contributed by atoms with Gasteiger partial charge in [0.1, 0.15) is 0 Å². The highest BCUT2D eigenvalue weighted by molar-refractivity contribution is 7.93. The average Bonchev–Trinajstić information content (AvgIpc) is 2.71. The lowest BCUT2D eigenvalue weighted by Gasteiger charge is -2.19. The smallest absolute Gasteiger partial charge is 0.281 e. The van der Waals surface area contributed by atoms with E-state index in [0.29, 0.717) is 17.7 Å². The second kappa shape index (κ2) is 9.20. The molecule has 170 valence electrons. The Morgan fingerprint density at radius 3 is 2.25 bits per heavy atom. The van der Waals surface area contributed by atoms with Crippen molar-refractivity contribution >= 4 is 15.7 Å². The van der Waals surface area contributed by atoms with Gasteiger partial charge in [-0.15, -0.1) is 0 Å². The summed E-state index contributed by atoms with van der Waals surface area (Å²) in [5.74, 6) is 0. The van der Waals surface area contributed by atoms with Crippen LogP contribution in [0.3, 0.4) is 0 Å². The van der Waals surface area contributed by atoms with E-state index in [1.54, 1.807) is 35.1 Å². The molecule has 2 aromatic carbocycles. The first-order chi connectivity index (χ1) is 15.0. The van der Waals surface area contributed by atoms with Crippen LogP contribution in [0, 0.1) is 6.92 Å². The fourth-order valence-corrected chi connectivity index (χ4v) is 4.07. The zero-order valence-electron chi connectivity index (χ0n) is 17.6. The lowest BCUT2D eigenvalue weighted by molar-refractivity contribution is -0.0429. The van der Waals surface area contributed by atoms with E-state index in [4.69, 9.17) is 0 Å². The van der Waals surface area contributed by atoms with Gasteiger partial charge in [0.15, 0.2) is 0 Å². The van der Waals surface area contributed by atoms with E-state index in [1.165, 1.54) is 28.8 Å². The molecule has 0 saturated carbocycles. The van der Waals surface area contributed by atoms with Crippen molar-refractivity contribution in [1.29, 1.82) is 0 Å². The normalized spacial score (nSPS) is 12.0. The number of sulfonamides is 1. The van der Waals surface area contributed by atoms with Gasteiger partial charge >= 0.3 is 15.5 Å². The molecule has 9 heteroatoms. The molecule has 0 aliphatic heterocycles. The van der Waals surface area contributed by atoms with E-state index in [1.807, 2.05) is 19.9 Å². The van der Waals surface area contributed by atoms with E-state index >= 15 is 0 Å². The monoisotopic (exact) mass is 464 g/mol. The van der Waals surface area contributed by atoms with Crippen LogP contribution in [-0.4, -0.2) is 18.5 Å². The van der Waals surface area contributed by atoms with Crippen molar-refractivity contribution in [3.05, 3.63) is 82.3 Å². The van der Waals surface area contributed by atoms with Gasteiger partial charge in [-0.3, -0.25) is 14.1 Å². The number of nitrogens with one attached hydrogen (secondary N) is 1. The summed E-state index contributed by atoms with van der Waals surface area (Å²) in [6.07, 6.45) is 2.42. The molecule has 1 N–H and O–H groups in total. The molecule has 0 aliphatic rings. The van der Waals surface area contributed by atoms with Crippen LogP contribution < -0.4 is 10.3 Å². The number of hydrogen-bond acceptors (Lipinski definition) is 3. The Kier molecular flexibility index (Phi) is 6.78. The fraction of sp³-hybridized carbons (Fsp3) is 0.261. The molecule has 0 atom stereocenters. The number of hydrogen-bond donors (Lipinski definition) is 1. The molecule has 0 radical (unpaired) electrons. The molecular weight excluding hydrogens is 441 g/mol. The van der Waals surface area contributed by atoms with Crippen molar-refractivity contribution in [2.75, 3.05) is 4.72 Å².